The van der Waals surface area contributed by atoms with Crippen molar-refractivity contribution in [2.75, 3.05) is 32.9 Å². The Morgan fingerprint density at radius 2 is 2.05 bits per heavy atom. The van der Waals surface area contributed by atoms with Gasteiger partial charge in [-0.25, -0.2) is 0 Å². The first kappa shape index (κ1) is 16.7. The first-order chi connectivity index (χ1) is 9.98. The average molecular weight is 320 g/mol. The SMILES string of the molecule is CCOC(=O)C1CCCCN1S(=O)(=O)N1CCOCC1C. The maximum Gasteiger partial charge on any atom is 0.324 e. The van der Waals surface area contributed by atoms with E-state index in [1.807, 2.05) is 6.92 Å². The molecule has 122 valence electrons. The second-order valence-corrected chi connectivity index (χ2v) is 7.25. The van der Waals surface area contributed by atoms with Gasteiger partial charge in [-0.1, -0.05) is 0 Å². The van der Waals surface area contributed by atoms with Crippen molar-refractivity contribution in [3.05, 3.63) is 0 Å². The third-order valence-corrected chi connectivity index (χ3v) is 6.08. The standard InChI is InChI=1S/C13H24N2O5S/c1-3-20-13(16)12-6-4-5-7-15(12)21(17,18)14-8-9-19-10-11(14)2/h11-12H,3-10H2,1-2H3. The van der Waals surface area contributed by atoms with Crippen LogP contribution in [0.4, 0.5) is 0 Å². The second kappa shape index (κ2) is 7.04. The van der Waals surface area contributed by atoms with E-state index in [0.29, 0.717) is 32.7 Å². The molecule has 2 unspecified atom stereocenters. The number of nitrogens with zero attached hydrogens (tertiary/aromatic N) is 2. The summed E-state index contributed by atoms with van der Waals surface area (Å²) in [4.78, 5) is 12.0. The number of piperidine rings is 1. The minimum Gasteiger partial charge on any atom is -0.465 e. The second-order valence-electron chi connectivity index (χ2n) is 5.42. The zero-order chi connectivity index (χ0) is 15.5. The van der Waals surface area contributed by atoms with E-state index in [1.54, 1.807) is 6.92 Å². The summed E-state index contributed by atoms with van der Waals surface area (Å²) in [5.41, 5.74) is 0. The third-order valence-electron chi connectivity index (χ3n) is 3.91. The van der Waals surface area contributed by atoms with Crippen molar-refractivity contribution < 1.29 is 22.7 Å². The molecule has 2 fully saturated rings. The van der Waals surface area contributed by atoms with Gasteiger partial charge >= 0.3 is 5.97 Å². The van der Waals surface area contributed by atoms with Crippen LogP contribution < -0.4 is 0 Å². The Balaban J connectivity index is 2.20. The summed E-state index contributed by atoms with van der Waals surface area (Å²) >= 11 is 0. The summed E-state index contributed by atoms with van der Waals surface area (Å²) in [6.45, 7) is 5.28. The van der Waals surface area contributed by atoms with Crippen LogP contribution in [0.2, 0.25) is 0 Å². The van der Waals surface area contributed by atoms with E-state index in [1.165, 1.54) is 8.61 Å². The maximum atomic E-state index is 12.9. The van der Waals surface area contributed by atoms with Gasteiger partial charge in [-0.15, -0.1) is 0 Å². The van der Waals surface area contributed by atoms with Gasteiger partial charge in [0.1, 0.15) is 6.04 Å². The third kappa shape index (κ3) is 3.56. The van der Waals surface area contributed by atoms with Crippen LogP contribution in [0.15, 0.2) is 0 Å². The molecule has 0 radical (unpaired) electrons. The highest BCUT2D eigenvalue weighted by molar-refractivity contribution is 7.86. The predicted octanol–water partition coefficient (Wildman–Crippen LogP) is 0.370. The summed E-state index contributed by atoms with van der Waals surface area (Å²) in [5.74, 6) is -0.443. The molecule has 2 saturated heterocycles. The van der Waals surface area contributed by atoms with Crippen LogP contribution in [0.3, 0.4) is 0 Å². The van der Waals surface area contributed by atoms with E-state index in [0.717, 1.165) is 12.8 Å². The van der Waals surface area contributed by atoms with Gasteiger partial charge in [0.05, 0.1) is 19.8 Å². The molecule has 0 aromatic carbocycles. The Bertz CT molecular complexity index is 467. The van der Waals surface area contributed by atoms with Crippen LogP contribution in [0.25, 0.3) is 0 Å². The summed E-state index contributed by atoms with van der Waals surface area (Å²) in [7, 11) is -3.66. The Kier molecular flexibility index (Phi) is 5.59. The van der Waals surface area contributed by atoms with Crippen molar-refractivity contribution >= 4 is 16.2 Å². The van der Waals surface area contributed by atoms with Crippen LogP contribution >= 0.6 is 0 Å². The zero-order valence-electron chi connectivity index (χ0n) is 12.7. The molecule has 0 aromatic heterocycles. The lowest BCUT2D eigenvalue weighted by molar-refractivity contribution is -0.148. The minimum atomic E-state index is -3.66. The largest absolute Gasteiger partial charge is 0.465 e. The molecule has 2 aliphatic rings. The van der Waals surface area contributed by atoms with Gasteiger partial charge in [0.15, 0.2) is 0 Å². The molecular formula is C13H24N2O5S. The quantitative estimate of drug-likeness (QED) is 0.700. The molecule has 0 N–H and O–H groups in total. The summed E-state index contributed by atoms with van der Waals surface area (Å²) in [6.07, 6.45) is 2.14. The fourth-order valence-electron chi connectivity index (χ4n) is 2.84. The van der Waals surface area contributed by atoms with Crippen molar-refractivity contribution in [1.29, 1.82) is 0 Å². The van der Waals surface area contributed by atoms with Gasteiger partial charge in [0.2, 0.25) is 0 Å². The molecule has 7 nitrogen and oxygen atoms in total. The number of ether oxygens (including phenoxy) is 2. The van der Waals surface area contributed by atoms with Gasteiger partial charge in [0.25, 0.3) is 10.2 Å². The minimum absolute atomic E-state index is 0.214. The molecule has 2 aliphatic heterocycles. The van der Waals surface area contributed by atoms with Crippen molar-refractivity contribution in [3.63, 3.8) is 0 Å². The Hall–Kier alpha value is -0.700. The molecule has 8 heteroatoms. The molecule has 0 spiro atoms. The average Bonchev–Trinajstić information content (AvgIpc) is 2.48. The Labute approximate surface area is 126 Å². The van der Waals surface area contributed by atoms with E-state index in [2.05, 4.69) is 0 Å². The van der Waals surface area contributed by atoms with Gasteiger partial charge in [-0.3, -0.25) is 4.79 Å². The maximum absolute atomic E-state index is 12.9. The lowest BCUT2D eigenvalue weighted by Crippen LogP contribution is -2.58. The molecule has 0 saturated carbocycles. The lowest BCUT2D eigenvalue weighted by atomic mass is 10.1. The number of carbonyl (C=O) groups is 1. The predicted molar refractivity (Wildman–Crippen MR) is 76.9 cm³/mol. The molecule has 2 atom stereocenters. The highest BCUT2D eigenvalue weighted by Crippen LogP contribution is 2.25. The van der Waals surface area contributed by atoms with Crippen LogP contribution in [-0.2, 0) is 24.5 Å². The van der Waals surface area contributed by atoms with E-state index < -0.39 is 22.2 Å². The fourth-order valence-corrected chi connectivity index (χ4v) is 4.81. The summed E-state index contributed by atoms with van der Waals surface area (Å²) < 4.78 is 38.8. The van der Waals surface area contributed by atoms with Crippen LogP contribution in [0.5, 0.6) is 0 Å². The van der Waals surface area contributed by atoms with Gasteiger partial charge in [-0.05, 0) is 33.1 Å². The molecule has 0 aromatic rings. The summed E-state index contributed by atoms with van der Waals surface area (Å²) in [6, 6.07) is -0.910. The van der Waals surface area contributed by atoms with Crippen molar-refractivity contribution in [1.82, 2.24) is 8.61 Å². The fraction of sp³-hybridized carbons (Fsp3) is 0.923. The van der Waals surface area contributed by atoms with Crippen molar-refractivity contribution in [2.24, 2.45) is 0 Å². The molecule has 2 rings (SSSR count). The van der Waals surface area contributed by atoms with Crippen LogP contribution in [-0.4, -0.2) is 68.0 Å². The normalized spacial score (nSPS) is 29.2. The van der Waals surface area contributed by atoms with E-state index in [4.69, 9.17) is 9.47 Å². The van der Waals surface area contributed by atoms with E-state index in [-0.39, 0.29) is 12.6 Å². The number of carbonyl (C=O) groups excluding carboxylic acids is 1. The number of hydrogen-bond acceptors (Lipinski definition) is 5. The van der Waals surface area contributed by atoms with Crippen molar-refractivity contribution in [3.8, 4) is 0 Å². The molecule has 0 bridgehead atoms. The number of hydrogen-bond donors (Lipinski definition) is 0. The first-order valence-electron chi connectivity index (χ1n) is 7.51. The van der Waals surface area contributed by atoms with Crippen LogP contribution in [0.1, 0.15) is 33.1 Å². The lowest BCUT2D eigenvalue weighted by Gasteiger charge is -2.40. The highest BCUT2D eigenvalue weighted by atomic mass is 32.2. The smallest absolute Gasteiger partial charge is 0.324 e. The van der Waals surface area contributed by atoms with Gasteiger partial charge in [0, 0.05) is 19.1 Å². The number of esters is 1. The zero-order valence-corrected chi connectivity index (χ0v) is 13.5. The number of rotatable bonds is 4. The molecular weight excluding hydrogens is 296 g/mol. The van der Waals surface area contributed by atoms with Gasteiger partial charge < -0.3 is 9.47 Å². The molecule has 0 amide bonds. The van der Waals surface area contributed by atoms with Gasteiger partial charge in [-0.2, -0.15) is 17.0 Å². The number of morpholine rings is 1. The highest BCUT2D eigenvalue weighted by Gasteiger charge is 2.42. The topological polar surface area (TPSA) is 76.2 Å². The Morgan fingerprint density at radius 3 is 2.71 bits per heavy atom. The molecule has 0 aliphatic carbocycles. The van der Waals surface area contributed by atoms with Crippen molar-refractivity contribution in [2.45, 2.75) is 45.2 Å². The monoisotopic (exact) mass is 320 g/mol. The molecule has 2 heterocycles. The first-order valence-corrected chi connectivity index (χ1v) is 8.91. The van der Waals surface area contributed by atoms with E-state index in [9.17, 15) is 13.2 Å². The Morgan fingerprint density at radius 1 is 1.29 bits per heavy atom. The van der Waals surface area contributed by atoms with E-state index >= 15 is 0 Å². The van der Waals surface area contributed by atoms with Crippen LogP contribution in [0, 0.1) is 0 Å². The molecule has 21 heavy (non-hydrogen) atoms. The summed E-state index contributed by atoms with van der Waals surface area (Å²) in [5, 5.41) is 0.